The topological polar surface area (TPSA) is 104 Å². The van der Waals surface area contributed by atoms with Crippen LogP contribution in [0.5, 0.6) is 11.5 Å². The lowest BCUT2D eigenvalue weighted by Gasteiger charge is -2.09. The Kier molecular flexibility index (Phi) is 6.81. The molecule has 0 aliphatic carbocycles. The fourth-order valence-corrected chi connectivity index (χ4v) is 2.79. The summed E-state index contributed by atoms with van der Waals surface area (Å²) in [5.74, 6) is -0.793. The molecular formula is C20H23NO7. The maximum Gasteiger partial charge on any atom is 0.340 e. The molecule has 8 nitrogen and oxygen atoms in total. The Hall–Kier alpha value is -3.29. The maximum absolute atomic E-state index is 12.5. The first-order chi connectivity index (χ1) is 13.3. The van der Waals surface area contributed by atoms with Crippen LogP contribution in [0.15, 0.2) is 18.2 Å². The molecule has 0 spiro atoms. The number of aryl methyl sites for hydroxylation is 1. The lowest BCUT2D eigenvalue weighted by molar-refractivity contribution is 0.0472. The van der Waals surface area contributed by atoms with Crippen molar-refractivity contribution in [3.8, 4) is 11.5 Å². The van der Waals surface area contributed by atoms with Gasteiger partial charge in [-0.05, 0) is 44.5 Å². The molecule has 0 saturated heterocycles. The third-order valence-electron chi connectivity index (χ3n) is 4.15. The number of ketones is 1. The SMILES string of the molecule is CCOC(=O)c1c(C)[nH]c(C(=O)COC(=O)c2ccc(OC)c(OC)c2)c1C. The first-order valence-electron chi connectivity index (χ1n) is 8.62. The number of esters is 2. The van der Waals surface area contributed by atoms with Crippen molar-refractivity contribution in [3.63, 3.8) is 0 Å². The van der Waals surface area contributed by atoms with Crippen molar-refractivity contribution in [2.75, 3.05) is 27.4 Å². The quantitative estimate of drug-likeness (QED) is 0.547. The molecule has 0 fully saturated rings. The molecule has 0 aliphatic heterocycles. The zero-order valence-electron chi connectivity index (χ0n) is 16.5. The zero-order chi connectivity index (χ0) is 20.8. The number of hydrogen-bond acceptors (Lipinski definition) is 7. The van der Waals surface area contributed by atoms with Gasteiger partial charge < -0.3 is 23.9 Å². The van der Waals surface area contributed by atoms with Crippen molar-refractivity contribution in [1.82, 2.24) is 4.98 Å². The van der Waals surface area contributed by atoms with Crippen molar-refractivity contribution in [2.24, 2.45) is 0 Å². The number of Topliss-reactive ketones (excluding diaryl/α,β-unsaturated/α-hetero) is 1. The van der Waals surface area contributed by atoms with Crippen LogP contribution in [0.2, 0.25) is 0 Å². The number of methoxy groups -OCH3 is 2. The molecular weight excluding hydrogens is 366 g/mol. The van der Waals surface area contributed by atoms with Gasteiger partial charge in [-0.15, -0.1) is 0 Å². The van der Waals surface area contributed by atoms with Crippen molar-refractivity contribution in [3.05, 3.63) is 46.3 Å². The van der Waals surface area contributed by atoms with E-state index < -0.39 is 24.3 Å². The van der Waals surface area contributed by atoms with Gasteiger partial charge in [0.05, 0.1) is 37.6 Å². The summed E-state index contributed by atoms with van der Waals surface area (Å²) in [5, 5.41) is 0. The average molecular weight is 389 g/mol. The summed E-state index contributed by atoms with van der Waals surface area (Å²) in [5.41, 5.74) is 1.72. The summed E-state index contributed by atoms with van der Waals surface area (Å²) in [4.78, 5) is 39.6. The Morgan fingerprint density at radius 2 is 1.64 bits per heavy atom. The molecule has 150 valence electrons. The molecule has 1 aromatic heterocycles. The molecule has 0 unspecified atom stereocenters. The Labute approximate surface area is 162 Å². The van der Waals surface area contributed by atoms with Crippen LogP contribution < -0.4 is 9.47 Å². The molecule has 2 aromatic rings. The van der Waals surface area contributed by atoms with E-state index in [1.54, 1.807) is 26.8 Å². The van der Waals surface area contributed by atoms with E-state index in [1.165, 1.54) is 26.4 Å². The van der Waals surface area contributed by atoms with E-state index in [4.69, 9.17) is 18.9 Å². The number of H-pyrrole nitrogens is 1. The highest BCUT2D eigenvalue weighted by Crippen LogP contribution is 2.28. The van der Waals surface area contributed by atoms with Crippen LogP contribution in [0.4, 0.5) is 0 Å². The van der Waals surface area contributed by atoms with Crippen LogP contribution in [-0.2, 0) is 9.47 Å². The molecule has 1 N–H and O–H groups in total. The predicted octanol–water partition coefficient (Wildman–Crippen LogP) is 2.87. The van der Waals surface area contributed by atoms with E-state index in [1.807, 2.05) is 0 Å². The van der Waals surface area contributed by atoms with Gasteiger partial charge in [0.25, 0.3) is 0 Å². The number of hydrogen-bond donors (Lipinski definition) is 1. The molecule has 8 heteroatoms. The van der Waals surface area contributed by atoms with Crippen LogP contribution in [-0.4, -0.2) is 50.1 Å². The number of benzene rings is 1. The number of rotatable bonds is 8. The van der Waals surface area contributed by atoms with E-state index in [2.05, 4.69) is 4.98 Å². The number of nitrogens with one attached hydrogen (secondary N) is 1. The minimum absolute atomic E-state index is 0.209. The highest BCUT2D eigenvalue weighted by atomic mass is 16.5. The monoisotopic (exact) mass is 389 g/mol. The molecule has 0 bridgehead atoms. The van der Waals surface area contributed by atoms with Gasteiger partial charge in [-0.1, -0.05) is 0 Å². The van der Waals surface area contributed by atoms with E-state index in [0.29, 0.717) is 28.3 Å². The van der Waals surface area contributed by atoms with Gasteiger partial charge in [0.2, 0.25) is 5.78 Å². The Morgan fingerprint density at radius 1 is 0.964 bits per heavy atom. The molecule has 1 heterocycles. The van der Waals surface area contributed by atoms with Gasteiger partial charge in [0.1, 0.15) is 0 Å². The number of carbonyl (C=O) groups excluding carboxylic acids is 3. The Bertz CT molecular complexity index is 898. The van der Waals surface area contributed by atoms with Gasteiger partial charge in [0, 0.05) is 5.69 Å². The largest absolute Gasteiger partial charge is 0.493 e. The van der Waals surface area contributed by atoms with E-state index in [9.17, 15) is 14.4 Å². The molecule has 0 aliphatic rings. The van der Waals surface area contributed by atoms with Crippen molar-refractivity contribution >= 4 is 17.7 Å². The summed E-state index contributed by atoms with van der Waals surface area (Å²) < 4.78 is 20.4. The lowest BCUT2D eigenvalue weighted by atomic mass is 10.1. The third-order valence-corrected chi connectivity index (χ3v) is 4.15. The van der Waals surface area contributed by atoms with Gasteiger partial charge in [0.15, 0.2) is 18.1 Å². The van der Waals surface area contributed by atoms with Gasteiger partial charge >= 0.3 is 11.9 Å². The standard InChI is InChI=1S/C20H23NO7/c1-6-27-20(24)17-11(2)18(21-12(17)3)14(22)10-28-19(23)13-7-8-15(25-4)16(9-13)26-5/h7-9,21H,6,10H2,1-5H3. The molecule has 1 aromatic carbocycles. The second kappa shape index (κ2) is 9.07. The predicted molar refractivity (Wildman–Crippen MR) is 100 cm³/mol. The van der Waals surface area contributed by atoms with Gasteiger partial charge in [-0.25, -0.2) is 9.59 Å². The number of aromatic nitrogens is 1. The van der Waals surface area contributed by atoms with Crippen molar-refractivity contribution in [2.45, 2.75) is 20.8 Å². The fourth-order valence-electron chi connectivity index (χ4n) is 2.79. The molecule has 0 radical (unpaired) electrons. The molecule has 0 atom stereocenters. The molecule has 28 heavy (non-hydrogen) atoms. The highest BCUT2D eigenvalue weighted by Gasteiger charge is 2.23. The van der Waals surface area contributed by atoms with Crippen molar-refractivity contribution in [1.29, 1.82) is 0 Å². The second-order valence-electron chi connectivity index (χ2n) is 5.91. The molecule has 0 saturated carbocycles. The average Bonchev–Trinajstić information content (AvgIpc) is 2.99. The minimum Gasteiger partial charge on any atom is -0.493 e. The summed E-state index contributed by atoms with van der Waals surface area (Å²) in [7, 11) is 2.94. The number of carbonyl (C=O) groups is 3. The molecule has 2 rings (SSSR count). The first-order valence-corrected chi connectivity index (χ1v) is 8.62. The van der Waals surface area contributed by atoms with Crippen LogP contribution in [0.3, 0.4) is 0 Å². The summed E-state index contributed by atoms with van der Waals surface area (Å²) in [6, 6.07) is 4.55. The highest BCUT2D eigenvalue weighted by molar-refractivity contribution is 6.03. The zero-order valence-corrected chi connectivity index (χ0v) is 16.5. The van der Waals surface area contributed by atoms with Gasteiger partial charge in [-0.2, -0.15) is 0 Å². The minimum atomic E-state index is -0.680. The smallest absolute Gasteiger partial charge is 0.340 e. The summed E-state index contributed by atoms with van der Waals surface area (Å²) >= 11 is 0. The van der Waals surface area contributed by atoms with E-state index in [-0.39, 0.29) is 17.9 Å². The van der Waals surface area contributed by atoms with Crippen LogP contribution >= 0.6 is 0 Å². The fraction of sp³-hybridized carbons (Fsp3) is 0.350. The van der Waals surface area contributed by atoms with Crippen LogP contribution in [0.1, 0.15) is 49.4 Å². The molecule has 0 amide bonds. The van der Waals surface area contributed by atoms with Crippen LogP contribution in [0.25, 0.3) is 0 Å². The normalized spacial score (nSPS) is 10.3. The lowest BCUT2D eigenvalue weighted by Crippen LogP contribution is -2.16. The third kappa shape index (κ3) is 4.33. The van der Waals surface area contributed by atoms with Crippen LogP contribution in [0, 0.1) is 13.8 Å². The Balaban J connectivity index is 2.11. The van der Waals surface area contributed by atoms with Gasteiger partial charge in [-0.3, -0.25) is 4.79 Å². The second-order valence-corrected chi connectivity index (χ2v) is 5.91. The summed E-state index contributed by atoms with van der Waals surface area (Å²) in [6.07, 6.45) is 0. The van der Waals surface area contributed by atoms with E-state index >= 15 is 0 Å². The Morgan fingerprint density at radius 3 is 2.25 bits per heavy atom. The maximum atomic E-state index is 12.5. The number of ether oxygens (including phenoxy) is 4. The number of aromatic amines is 1. The van der Waals surface area contributed by atoms with Crippen molar-refractivity contribution < 1.29 is 33.3 Å². The first kappa shape index (κ1) is 21.0. The van der Waals surface area contributed by atoms with E-state index in [0.717, 1.165) is 0 Å². The summed E-state index contributed by atoms with van der Waals surface area (Å²) in [6.45, 7) is 4.77.